The summed E-state index contributed by atoms with van der Waals surface area (Å²) in [5.74, 6) is 1.16. The third kappa shape index (κ3) is 3.62. The summed E-state index contributed by atoms with van der Waals surface area (Å²) in [5, 5.41) is 10.4. The highest BCUT2D eigenvalue weighted by atomic mass is 32.1. The first-order valence-electron chi connectivity index (χ1n) is 9.84. The fraction of sp³-hybridized carbons (Fsp3) is 0.227. The minimum Gasteiger partial charge on any atom is -0.439 e. The molecule has 0 aliphatic carbocycles. The minimum atomic E-state index is -0.0964. The van der Waals surface area contributed by atoms with Crippen LogP contribution in [0.5, 0.6) is 0 Å². The van der Waals surface area contributed by atoms with E-state index in [1.54, 1.807) is 0 Å². The number of hydrogen-bond acceptors (Lipinski definition) is 9. The monoisotopic (exact) mass is 433 g/mol. The third-order valence-corrected chi connectivity index (χ3v) is 6.18. The second-order valence-electron chi connectivity index (χ2n) is 7.18. The average molecular weight is 433 g/mol. The van der Waals surface area contributed by atoms with E-state index in [0.29, 0.717) is 53.9 Å². The van der Waals surface area contributed by atoms with Gasteiger partial charge in [-0.1, -0.05) is 24.3 Å². The molecule has 156 valence electrons. The maximum absolute atomic E-state index is 12.7. The molecule has 0 saturated carbocycles. The second kappa shape index (κ2) is 8.01. The number of ether oxygens (including phenoxy) is 1. The van der Waals surface area contributed by atoms with Crippen LogP contribution in [0.3, 0.4) is 0 Å². The summed E-state index contributed by atoms with van der Waals surface area (Å²) in [5.41, 5.74) is 2.93. The average Bonchev–Trinajstić information content (AvgIpc) is 3.24. The molecular weight excluding hydrogens is 414 g/mol. The maximum atomic E-state index is 12.7. The smallest absolute Gasteiger partial charge is 0.204 e. The molecule has 0 bridgehead atoms. The maximum Gasteiger partial charge on any atom is 0.204 e. The highest BCUT2D eigenvalue weighted by molar-refractivity contribution is 7.17. The highest BCUT2D eigenvalue weighted by Gasteiger charge is 2.20. The van der Waals surface area contributed by atoms with Crippen LogP contribution in [-0.2, 0) is 4.74 Å². The molecule has 1 aliphatic rings. The number of morpholine rings is 1. The van der Waals surface area contributed by atoms with E-state index in [2.05, 4.69) is 15.0 Å². The number of benzene rings is 1. The molecule has 0 amide bonds. The van der Waals surface area contributed by atoms with Crippen LogP contribution < -0.4 is 10.3 Å². The van der Waals surface area contributed by atoms with Crippen LogP contribution in [-0.4, -0.2) is 47.0 Å². The van der Waals surface area contributed by atoms with Gasteiger partial charge in [-0.3, -0.25) is 10.2 Å². The lowest BCUT2D eigenvalue weighted by Gasteiger charge is -2.27. The van der Waals surface area contributed by atoms with Crippen LogP contribution in [0.1, 0.15) is 17.0 Å². The van der Waals surface area contributed by atoms with Gasteiger partial charge < -0.3 is 14.1 Å². The van der Waals surface area contributed by atoms with Gasteiger partial charge in [0.1, 0.15) is 16.7 Å². The molecule has 1 fully saturated rings. The van der Waals surface area contributed by atoms with E-state index in [4.69, 9.17) is 14.6 Å². The van der Waals surface area contributed by atoms with Crippen LogP contribution in [0.15, 0.2) is 51.3 Å². The first kappa shape index (κ1) is 19.5. The minimum absolute atomic E-state index is 0.0964. The summed E-state index contributed by atoms with van der Waals surface area (Å²) in [4.78, 5) is 27.7. The van der Waals surface area contributed by atoms with E-state index in [0.717, 1.165) is 11.1 Å². The lowest BCUT2D eigenvalue weighted by molar-refractivity contribution is 0.121. The van der Waals surface area contributed by atoms with Crippen LogP contribution in [0, 0.1) is 12.3 Å². The first-order valence-corrected chi connectivity index (χ1v) is 10.7. The highest BCUT2D eigenvalue weighted by Crippen LogP contribution is 2.33. The summed E-state index contributed by atoms with van der Waals surface area (Å²) in [7, 11) is 0. The van der Waals surface area contributed by atoms with Gasteiger partial charge in [-0.05, 0) is 12.5 Å². The van der Waals surface area contributed by atoms with E-state index in [1.807, 2.05) is 41.5 Å². The molecule has 4 heterocycles. The first-order chi connectivity index (χ1) is 15.1. The van der Waals surface area contributed by atoms with Crippen LogP contribution in [0.4, 0.5) is 5.88 Å². The quantitative estimate of drug-likeness (QED) is 0.493. The molecular formula is C22H19N5O3S. The van der Waals surface area contributed by atoms with Gasteiger partial charge in [0, 0.05) is 30.1 Å². The zero-order valence-corrected chi connectivity index (χ0v) is 17.6. The Morgan fingerprint density at radius 2 is 2.00 bits per heavy atom. The molecule has 3 aromatic heterocycles. The van der Waals surface area contributed by atoms with Gasteiger partial charge in [0.2, 0.25) is 5.43 Å². The molecule has 9 heteroatoms. The number of thiophene rings is 1. The molecule has 5 rings (SSSR count). The molecule has 1 aliphatic heterocycles. The number of hydrogen-bond donors (Lipinski definition) is 1. The summed E-state index contributed by atoms with van der Waals surface area (Å²) < 4.78 is 12.0. The Morgan fingerprint density at radius 3 is 2.81 bits per heavy atom. The van der Waals surface area contributed by atoms with Gasteiger partial charge in [-0.25, -0.2) is 15.0 Å². The van der Waals surface area contributed by atoms with Crippen molar-refractivity contribution >= 4 is 33.2 Å². The second-order valence-corrected chi connectivity index (χ2v) is 8.06. The molecule has 31 heavy (non-hydrogen) atoms. The van der Waals surface area contributed by atoms with E-state index in [9.17, 15) is 4.79 Å². The summed E-state index contributed by atoms with van der Waals surface area (Å²) in [6, 6.07) is 9.15. The molecule has 8 nitrogen and oxygen atoms in total. The SMILES string of the molecule is Cc1ccccc1C(=N)c1ncnc(-c2csc3c(=O)cc(N4CCOCC4)oc23)n1. The number of rotatable bonds is 4. The van der Waals surface area contributed by atoms with Crippen LogP contribution in [0.2, 0.25) is 0 Å². The summed E-state index contributed by atoms with van der Waals surface area (Å²) in [6.45, 7) is 4.46. The van der Waals surface area contributed by atoms with Crippen molar-refractivity contribution in [1.29, 1.82) is 5.41 Å². The van der Waals surface area contributed by atoms with Gasteiger partial charge in [-0.15, -0.1) is 11.3 Å². The number of anilines is 1. The fourth-order valence-electron chi connectivity index (χ4n) is 3.54. The molecule has 4 aromatic rings. The largest absolute Gasteiger partial charge is 0.439 e. The molecule has 0 unspecified atom stereocenters. The zero-order chi connectivity index (χ0) is 21.4. The van der Waals surface area contributed by atoms with Crippen molar-refractivity contribution in [1.82, 2.24) is 15.0 Å². The zero-order valence-electron chi connectivity index (χ0n) is 16.8. The van der Waals surface area contributed by atoms with Crippen molar-refractivity contribution in [2.45, 2.75) is 6.92 Å². The van der Waals surface area contributed by atoms with Crippen molar-refractivity contribution in [3.8, 4) is 11.4 Å². The molecule has 1 N–H and O–H groups in total. The summed E-state index contributed by atoms with van der Waals surface area (Å²) in [6.07, 6.45) is 1.39. The Balaban J connectivity index is 1.57. The predicted octanol–water partition coefficient (Wildman–Crippen LogP) is 3.27. The van der Waals surface area contributed by atoms with Gasteiger partial charge in [0.15, 0.2) is 23.1 Å². The molecule has 1 aromatic carbocycles. The molecule has 1 saturated heterocycles. The van der Waals surface area contributed by atoms with Gasteiger partial charge in [-0.2, -0.15) is 0 Å². The molecule has 0 spiro atoms. The normalized spacial score (nSPS) is 14.2. The summed E-state index contributed by atoms with van der Waals surface area (Å²) >= 11 is 1.30. The number of fused-ring (bicyclic) bond motifs is 1. The number of nitrogens with zero attached hydrogens (tertiary/aromatic N) is 4. The van der Waals surface area contributed by atoms with E-state index in [1.165, 1.54) is 23.7 Å². The van der Waals surface area contributed by atoms with E-state index < -0.39 is 0 Å². The van der Waals surface area contributed by atoms with Crippen LogP contribution in [0.25, 0.3) is 21.7 Å². The van der Waals surface area contributed by atoms with Crippen molar-refractivity contribution in [3.05, 3.63) is 69.2 Å². The third-order valence-electron chi connectivity index (χ3n) is 5.20. The van der Waals surface area contributed by atoms with Gasteiger partial charge in [0.05, 0.1) is 18.8 Å². The molecule has 0 atom stereocenters. The number of aromatic nitrogens is 3. The number of nitrogens with one attached hydrogen (secondary N) is 1. The van der Waals surface area contributed by atoms with Gasteiger partial charge >= 0.3 is 0 Å². The lowest BCUT2D eigenvalue weighted by atomic mass is 10.0. The van der Waals surface area contributed by atoms with Crippen molar-refractivity contribution in [3.63, 3.8) is 0 Å². The Hall–Kier alpha value is -3.43. The Labute approximate surface area is 181 Å². The fourth-order valence-corrected chi connectivity index (χ4v) is 4.43. The van der Waals surface area contributed by atoms with Gasteiger partial charge in [0.25, 0.3) is 0 Å². The van der Waals surface area contributed by atoms with Crippen molar-refractivity contribution in [2.24, 2.45) is 0 Å². The molecule has 0 radical (unpaired) electrons. The van der Waals surface area contributed by atoms with Crippen molar-refractivity contribution in [2.75, 3.05) is 31.2 Å². The van der Waals surface area contributed by atoms with E-state index in [-0.39, 0.29) is 17.0 Å². The Kier molecular flexibility index (Phi) is 5.05. The number of aryl methyl sites for hydroxylation is 1. The van der Waals surface area contributed by atoms with E-state index >= 15 is 0 Å². The predicted molar refractivity (Wildman–Crippen MR) is 119 cm³/mol. The lowest BCUT2D eigenvalue weighted by Crippen LogP contribution is -2.36. The Bertz CT molecular complexity index is 1340. The topological polar surface area (TPSA) is 105 Å². The standard InChI is InChI=1S/C22H19N5O3S/c1-13-4-2-3-5-14(13)18(23)22-25-12-24-21(26-22)15-11-31-20-16(28)10-17(30-19(15)20)27-6-8-29-9-7-27/h2-5,10-12,23H,6-9H2,1H3. The Morgan fingerprint density at radius 1 is 1.19 bits per heavy atom. The van der Waals surface area contributed by atoms with Crippen LogP contribution >= 0.6 is 11.3 Å². The van der Waals surface area contributed by atoms with Crippen molar-refractivity contribution < 1.29 is 9.15 Å².